The average molecular weight is 292 g/mol. The SMILES string of the molecule is CCC[C@](C)(CO)NC(=O)Nc1ccccc1C(C)(C)C. The third-order valence-electron chi connectivity index (χ3n) is 3.55. The van der Waals surface area contributed by atoms with E-state index in [0.29, 0.717) is 0 Å². The van der Waals surface area contributed by atoms with E-state index in [9.17, 15) is 9.90 Å². The Bertz CT molecular complexity index is 480. The minimum Gasteiger partial charge on any atom is -0.394 e. The number of amides is 2. The predicted molar refractivity (Wildman–Crippen MR) is 87.7 cm³/mol. The van der Waals surface area contributed by atoms with Crippen LogP contribution >= 0.6 is 0 Å². The normalized spacial score (nSPS) is 14.4. The molecule has 3 N–H and O–H groups in total. The first kappa shape index (κ1) is 17.5. The Morgan fingerprint density at radius 1 is 1.19 bits per heavy atom. The maximum Gasteiger partial charge on any atom is 0.319 e. The third kappa shape index (κ3) is 5.05. The van der Waals surface area contributed by atoms with Crippen LogP contribution in [-0.2, 0) is 5.41 Å². The molecule has 0 aliphatic heterocycles. The standard InChI is InChI=1S/C17H28N2O2/c1-6-11-17(5,12-20)19-15(21)18-14-10-8-7-9-13(14)16(2,3)4/h7-10,20H,6,11-12H2,1-5H3,(H2,18,19,21)/t17-/m1/s1. The molecule has 1 rings (SSSR count). The van der Waals surface area contributed by atoms with Crippen molar-refractivity contribution in [1.82, 2.24) is 5.32 Å². The molecule has 0 radical (unpaired) electrons. The summed E-state index contributed by atoms with van der Waals surface area (Å²) in [6.45, 7) is 10.1. The Hall–Kier alpha value is -1.55. The highest BCUT2D eigenvalue weighted by molar-refractivity contribution is 5.90. The number of benzene rings is 1. The first-order valence-electron chi connectivity index (χ1n) is 7.51. The lowest BCUT2D eigenvalue weighted by Gasteiger charge is -2.29. The summed E-state index contributed by atoms with van der Waals surface area (Å²) < 4.78 is 0. The molecule has 0 aromatic heterocycles. The maximum atomic E-state index is 12.2. The lowest BCUT2D eigenvalue weighted by molar-refractivity contribution is 0.167. The van der Waals surface area contributed by atoms with Crippen LogP contribution in [0.1, 0.15) is 53.0 Å². The van der Waals surface area contributed by atoms with Gasteiger partial charge in [-0.1, -0.05) is 52.3 Å². The van der Waals surface area contributed by atoms with E-state index in [1.165, 1.54) is 0 Å². The molecular formula is C17H28N2O2. The Morgan fingerprint density at radius 3 is 2.33 bits per heavy atom. The van der Waals surface area contributed by atoms with Crippen LogP contribution < -0.4 is 10.6 Å². The molecule has 0 aliphatic carbocycles. The van der Waals surface area contributed by atoms with E-state index in [-0.39, 0.29) is 18.1 Å². The van der Waals surface area contributed by atoms with E-state index in [1.54, 1.807) is 0 Å². The molecule has 0 bridgehead atoms. The Kier molecular flexibility index (Phi) is 5.78. The molecule has 4 nitrogen and oxygen atoms in total. The van der Waals surface area contributed by atoms with Gasteiger partial charge >= 0.3 is 6.03 Å². The minimum absolute atomic E-state index is 0.0480. The fraction of sp³-hybridized carbons (Fsp3) is 0.588. The van der Waals surface area contributed by atoms with Crippen molar-refractivity contribution >= 4 is 11.7 Å². The zero-order chi connectivity index (χ0) is 16.1. The zero-order valence-corrected chi connectivity index (χ0v) is 13.8. The highest BCUT2D eigenvalue weighted by Crippen LogP contribution is 2.29. The van der Waals surface area contributed by atoms with E-state index in [0.717, 1.165) is 24.1 Å². The number of carbonyl (C=O) groups is 1. The number of para-hydroxylation sites is 1. The Labute approximate surface area is 128 Å². The lowest BCUT2D eigenvalue weighted by atomic mass is 9.86. The largest absolute Gasteiger partial charge is 0.394 e. The van der Waals surface area contributed by atoms with Crippen LogP contribution in [0.25, 0.3) is 0 Å². The summed E-state index contributed by atoms with van der Waals surface area (Å²) >= 11 is 0. The fourth-order valence-corrected chi connectivity index (χ4v) is 2.41. The van der Waals surface area contributed by atoms with Crippen molar-refractivity contribution in [3.8, 4) is 0 Å². The van der Waals surface area contributed by atoms with Crippen molar-refractivity contribution in [2.75, 3.05) is 11.9 Å². The molecule has 0 fully saturated rings. The lowest BCUT2D eigenvalue weighted by Crippen LogP contribution is -2.50. The van der Waals surface area contributed by atoms with Gasteiger partial charge in [-0.25, -0.2) is 4.79 Å². The van der Waals surface area contributed by atoms with Crippen molar-refractivity contribution in [1.29, 1.82) is 0 Å². The first-order chi connectivity index (χ1) is 9.72. The summed E-state index contributed by atoms with van der Waals surface area (Å²) in [6.07, 6.45) is 1.63. The van der Waals surface area contributed by atoms with Gasteiger partial charge in [0.1, 0.15) is 0 Å². The van der Waals surface area contributed by atoms with Crippen molar-refractivity contribution in [3.05, 3.63) is 29.8 Å². The first-order valence-corrected chi connectivity index (χ1v) is 7.51. The molecule has 1 aromatic carbocycles. The number of nitrogens with one attached hydrogen (secondary N) is 2. The van der Waals surface area contributed by atoms with Gasteiger partial charge in [-0.3, -0.25) is 0 Å². The highest BCUT2D eigenvalue weighted by Gasteiger charge is 2.25. The second kappa shape index (κ2) is 6.94. The number of urea groups is 1. The summed E-state index contributed by atoms with van der Waals surface area (Å²) in [7, 11) is 0. The van der Waals surface area contributed by atoms with Crippen LogP contribution in [0.5, 0.6) is 0 Å². The maximum absolute atomic E-state index is 12.2. The quantitative estimate of drug-likeness (QED) is 0.775. The fourth-order valence-electron chi connectivity index (χ4n) is 2.41. The van der Waals surface area contributed by atoms with Gasteiger partial charge in [0.15, 0.2) is 0 Å². The Balaban J connectivity index is 2.85. The molecule has 21 heavy (non-hydrogen) atoms. The van der Waals surface area contributed by atoms with E-state index in [4.69, 9.17) is 0 Å². The van der Waals surface area contributed by atoms with Crippen LogP contribution in [0.15, 0.2) is 24.3 Å². The van der Waals surface area contributed by atoms with Crippen molar-refractivity contribution in [3.63, 3.8) is 0 Å². The number of anilines is 1. The van der Waals surface area contributed by atoms with Crippen LogP contribution in [0, 0.1) is 0 Å². The van der Waals surface area contributed by atoms with E-state index >= 15 is 0 Å². The van der Waals surface area contributed by atoms with Gasteiger partial charge in [0, 0.05) is 5.69 Å². The second-order valence-electron chi connectivity index (χ2n) is 6.84. The van der Waals surface area contributed by atoms with E-state index in [1.807, 2.05) is 38.1 Å². The summed E-state index contributed by atoms with van der Waals surface area (Å²) in [4.78, 5) is 12.2. The Morgan fingerprint density at radius 2 is 1.81 bits per heavy atom. The number of hydrogen-bond donors (Lipinski definition) is 3. The van der Waals surface area contributed by atoms with Crippen molar-refractivity contribution < 1.29 is 9.90 Å². The average Bonchev–Trinajstić information content (AvgIpc) is 2.38. The molecule has 0 unspecified atom stereocenters. The van der Waals surface area contributed by atoms with Gasteiger partial charge in [-0.2, -0.15) is 0 Å². The zero-order valence-electron chi connectivity index (χ0n) is 13.8. The molecule has 1 aromatic rings. The minimum atomic E-state index is -0.588. The number of aliphatic hydroxyl groups is 1. The van der Waals surface area contributed by atoms with Crippen LogP contribution in [0.2, 0.25) is 0 Å². The summed E-state index contributed by atoms with van der Waals surface area (Å²) in [6, 6.07) is 7.51. The molecule has 0 spiro atoms. The molecular weight excluding hydrogens is 264 g/mol. The molecule has 4 heteroatoms. The van der Waals surface area contributed by atoms with Gasteiger partial charge in [0.05, 0.1) is 12.1 Å². The molecule has 0 saturated heterocycles. The van der Waals surface area contributed by atoms with E-state index in [2.05, 4.69) is 31.4 Å². The van der Waals surface area contributed by atoms with Crippen molar-refractivity contribution in [2.45, 2.75) is 58.4 Å². The van der Waals surface area contributed by atoms with Gasteiger partial charge in [0.25, 0.3) is 0 Å². The van der Waals surface area contributed by atoms with Gasteiger partial charge in [-0.05, 0) is 30.4 Å². The molecule has 2 amide bonds. The number of aliphatic hydroxyl groups excluding tert-OH is 1. The molecule has 0 aliphatic rings. The monoisotopic (exact) mass is 292 g/mol. The topological polar surface area (TPSA) is 61.4 Å². The van der Waals surface area contributed by atoms with Crippen LogP contribution in [0.3, 0.4) is 0 Å². The van der Waals surface area contributed by atoms with E-state index < -0.39 is 5.54 Å². The molecule has 0 heterocycles. The second-order valence-corrected chi connectivity index (χ2v) is 6.84. The molecule has 0 saturated carbocycles. The number of carbonyl (C=O) groups excluding carboxylic acids is 1. The van der Waals surface area contributed by atoms with Gasteiger partial charge < -0.3 is 15.7 Å². The smallest absolute Gasteiger partial charge is 0.319 e. The van der Waals surface area contributed by atoms with Gasteiger partial charge in [0.2, 0.25) is 0 Å². The molecule has 118 valence electrons. The third-order valence-corrected chi connectivity index (χ3v) is 3.55. The number of rotatable bonds is 5. The predicted octanol–water partition coefficient (Wildman–Crippen LogP) is 3.66. The summed E-state index contributed by atoms with van der Waals surface area (Å²) in [5.41, 5.74) is 1.25. The summed E-state index contributed by atoms with van der Waals surface area (Å²) in [5.74, 6) is 0. The van der Waals surface area contributed by atoms with Crippen LogP contribution in [-0.4, -0.2) is 23.3 Å². The highest BCUT2D eigenvalue weighted by atomic mass is 16.3. The van der Waals surface area contributed by atoms with Gasteiger partial charge in [-0.15, -0.1) is 0 Å². The summed E-state index contributed by atoms with van der Waals surface area (Å²) in [5, 5.41) is 15.2. The molecule has 1 atom stereocenters. The number of hydrogen-bond acceptors (Lipinski definition) is 2. The van der Waals surface area contributed by atoms with Crippen molar-refractivity contribution in [2.24, 2.45) is 0 Å². The van der Waals surface area contributed by atoms with Crippen LogP contribution in [0.4, 0.5) is 10.5 Å².